The van der Waals surface area contributed by atoms with E-state index in [9.17, 15) is 14.0 Å². The smallest absolute Gasteiger partial charge is 0.276 e. The van der Waals surface area contributed by atoms with Crippen LogP contribution in [0.25, 0.3) is 0 Å². The van der Waals surface area contributed by atoms with Crippen LogP contribution in [0.15, 0.2) is 34.9 Å². The fourth-order valence-corrected chi connectivity index (χ4v) is 3.50. The highest BCUT2D eigenvalue weighted by Gasteiger charge is 2.26. The maximum atomic E-state index is 13.9. The zero-order valence-electron chi connectivity index (χ0n) is 15.4. The van der Waals surface area contributed by atoms with E-state index in [1.54, 1.807) is 12.1 Å². The number of oxazole rings is 1. The van der Waals surface area contributed by atoms with Gasteiger partial charge in [0.05, 0.1) is 18.8 Å². The molecule has 0 atom stereocenters. The van der Waals surface area contributed by atoms with E-state index in [1.165, 1.54) is 17.2 Å². The number of aromatic nitrogens is 1. The van der Waals surface area contributed by atoms with Crippen LogP contribution in [0.3, 0.4) is 0 Å². The van der Waals surface area contributed by atoms with Gasteiger partial charge in [-0.2, -0.15) is 0 Å². The molecule has 0 unspecified atom stereocenters. The first-order chi connectivity index (χ1) is 13.6. The molecule has 1 aromatic heterocycles. The lowest BCUT2D eigenvalue weighted by Crippen LogP contribution is -2.50. The Morgan fingerprint density at radius 3 is 2.71 bits per heavy atom. The number of nitrogens with one attached hydrogen (secondary N) is 1. The number of halogens is 1. The summed E-state index contributed by atoms with van der Waals surface area (Å²) >= 11 is 0. The largest absolute Gasteiger partial charge is 0.447 e. The number of carbonyl (C=O) groups excluding carboxylic acids is 2. The molecule has 28 heavy (non-hydrogen) atoms. The van der Waals surface area contributed by atoms with Crippen molar-refractivity contribution in [3.05, 3.63) is 47.9 Å². The average molecular weight is 387 g/mol. The second kappa shape index (κ2) is 7.97. The number of benzene rings is 1. The van der Waals surface area contributed by atoms with Gasteiger partial charge in [-0.25, -0.2) is 9.37 Å². The number of anilines is 1. The number of amides is 2. The summed E-state index contributed by atoms with van der Waals surface area (Å²) in [7, 11) is 0. The number of nitrogens with zero attached hydrogens (tertiary/aromatic N) is 4. The van der Waals surface area contributed by atoms with Gasteiger partial charge in [0.2, 0.25) is 11.8 Å². The standard InChI is InChI=1S/C19H22FN5O3/c20-14-3-1-2-4-16(14)24-9-7-23(8-10-24)12-18-22-15(13-28-18)19(27)25-6-5-21-17(26)11-25/h1-4,13H,5-12H2,(H,21,26). The van der Waals surface area contributed by atoms with Crippen molar-refractivity contribution < 1.29 is 18.4 Å². The summed E-state index contributed by atoms with van der Waals surface area (Å²) in [6.45, 7) is 4.33. The Morgan fingerprint density at radius 1 is 1.18 bits per heavy atom. The van der Waals surface area contributed by atoms with Gasteiger partial charge in [-0.1, -0.05) is 12.1 Å². The first kappa shape index (κ1) is 18.4. The van der Waals surface area contributed by atoms with Gasteiger partial charge in [0, 0.05) is 39.3 Å². The molecule has 9 heteroatoms. The Bertz CT molecular complexity index is 863. The number of hydrogen-bond donors (Lipinski definition) is 1. The van der Waals surface area contributed by atoms with Crippen LogP contribution >= 0.6 is 0 Å². The highest BCUT2D eigenvalue weighted by atomic mass is 19.1. The molecular weight excluding hydrogens is 365 g/mol. The van der Waals surface area contributed by atoms with E-state index < -0.39 is 0 Å². The van der Waals surface area contributed by atoms with Crippen LogP contribution in [-0.2, 0) is 11.3 Å². The van der Waals surface area contributed by atoms with Crippen LogP contribution < -0.4 is 10.2 Å². The average Bonchev–Trinajstić information content (AvgIpc) is 3.17. The second-order valence-corrected chi connectivity index (χ2v) is 6.92. The van der Waals surface area contributed by atoms with Gasteiger partial charge in [-0.05, 0) is 12.1 Å². The molecule has 0 aliphatic carbocycles. The van der Waals surface area contributed by atoms with Gasteiger partial charge >= 0.3 is 0 Å². The molecule has 1 aromatic carbocycles. The number of carbonyl (C=O) groups is 2. The second-order valence-electron chi connectivity index (χ2n) is 6.92. The molecule has 0 radical (unpaired) electrons. The molecule has 2 saturated heterocycles. The Hall–Kier alpha value is -2.94. The van der Waals surface area contributed by atoms with Crippen molar-refractivity contribution in [3.63, 3.8) is 0 Å². The lowest BCUT2D eigenvalue weighted by molar-refractivity contribution is -0.123. The molecule has 2 aliphatic heterocycles. The van der Waals surface area contributed by atoms with E-state index in [0.717, 1.165) is 13.1 Å². The maximum Gasteiger partial charge on any atom is 0.276 e. The van der Waals surface area contributed by atoms with Gasteiger partial charge < -0.3 is 19.5 Å². The zero-order chi connectivity index (χ0) is 19.5. The van der Waals surface area contributed by atoms with Crippen LogP contribution in [0.5, 0.6) is 0 Å². The first-order valence-corrected chi connectivity index (χ1v) is 9.32. The summed E-state index contributed by atoms with van der Waals surface area (Å²) in [4.78, 5) is 33.8. The quantitative estimate of drug-likeness (QED) is 0.832. The zero-order valence-corrected chi connectivity index (χ0v) is 15.4. The highest BCUT2D eigenvalue weighted by Crippen LogP contribution is 2.20. The first-order valence-electron chi connectivity index (χ1n) is 9.32. The van der Waals surface area contributed by atoms with Crippen molar-refractivity contribution in [2.45, 2.75) is 6.54 Å². The van der Waals surface area contributed by atoms with Crippen molar-refractivity contribution in [3.8, 4) is 0 Å². The molecule has 2 aliphatic rings. The fourth-order valence-electron chi connectivity index (χ4n) is 3.50. The molecule has 2 fully saturated rings. The summed E-state index contributed by atoms with van der Waals surface area (Å²) in [6, 6.07) is 6.78. The summed E-state index contributed by atoms with van der Waals surface area (Å²) in [5.74, 6) is -0.215. The topological polar surface area (TPSA) is 81.9 Å². The fraction of sp³-hybridized carbons (Fsp3) is 0.421. The minimum Gasteiger partial charge on any atom is -0.447 e. The summed E-state index contributed by atoms with van der Waals surface area (Å²) in [5, 5.41) is 2.69. The lowest BCUT2D eigenvalue weighted by atomic mass is 10.2. The lowest BCUT2D eigenvalue weighted by Gasteiger charge is -2.35. The molecule has 148 valence electrons. The summed E-state index contributed by atoms with van der Waals surface area (Å²) in [6.07, 6.45) is 1.35. The number of hydrogen-bond acceptors (Lipinski definition) is 6. The SMILES string of the molecule is O=C1CN(C(=O)c2coc(CN3CCN(c4ccccc4F)CC3)n2)CCN1. The predicted molar refractivity (Wildman–Crippen MR) is 99.3 cm³/mol. The molecule has 8 nitrogen and oxygen atoms in total. The molecule has 0 saturated carbocycles. The van der Waals surface area contributed by atoms with E-state index in [2.05, 4.69) is 15.2 Å². The third-order valence-electron chi connectivity index (χ3n) is 5.02. The summed E-state index contributed by atoms with van der Waals surface area (Å²) in [5.41, 5.74) is 0.839. The normalized spacial score (nSPS) is 18.2. The minimum atomic E-state index is -0.297. The van der Waals surface area contributed by atoms with Crippen molar-refractivity contribution >= 4 is 17.5 Å². The number of para-hydroxylation sites is 1. The third-order valence-corrected chi connectivity index (χ3v) is 5.02. The van der Waals surface area contributed by atoms with Crippen LogP contribution in [0.1, 0.15) is 16.4 Å². The van der Waals surface area contributed by atoms with Crippen molar-refractivity contribution in [2.75, 3.05) is 50.7 Å². The molecule has 1 N–H and O–H groups in total. The van der Waals surface area contributed by atoms with Crippen molar-refractivity contribution in [1.82, 2.24) is 20.1 Å². The molecule has 0 bridgehead atoms. The molecule has 0 spiro atoms. The van der Waals surface area contributed by atoms with Gasteiger partial charge in [-0.3, -0.25) is 14.5 Å². The van der Waals surface area contributed by atoms with Crippen LogP contribution in [-0.4, -0.2) is 72.4 Å². The van der Waals surface area contributed by atoms with E-state index in [-0.39, 0.29) is 29.9 Å². The minimum absolute atomic E-state index is 0.0407. The summed E-state index contributed by atoms with van der Waals surface area (Å²) < 4.78 is 19.4. The number of piperazine rings is 2. The Labute approximate surface area is 161 Å². The van der Waals surface area contributed by atoms with Crippen LogP contribution in [0, 0.1) is 5.82 Å². The van der Waals surface area contributed by atoms with Crippen LogP contribution in [0.4, 0.5) is 10.1 Å². The molecule has 2 amide bonds. The van der Waals surface area contributed by atoms with Crippen molar-refractivity contribution in [2.24, 2.45) is 0 Å². The molecule has 3 heterocycles. The van der Waals surface area contributed by atoms with Crippen molar-refractivity contribution in [1.29, 1.82) is 0 Å². The van der Waals surface area contributed by atoms with Gasteiger partial charge in [0.1, 0.15) is 12.1 Å². The van der Waals surface area contributed by atoms with E-state index in [4.69, 9.17) is 4.42 Å². The van der Waals surface area contributed by atoms with E-state index >= 15 is 0 Å². The van der Waals surface area contributed by atoms with Gasteiger partial charge in [-0.15, -0.1) is 0 Å². The maximum absolute atomic E-state index is 13.9. The predicted octanol–water partition coefficient (Wildman–Crippen LogP) is 0.708. The van der Waals surface area contributed by atoms with Crippen LogP contribution in [0.2, 0.25) is 0 Å². The Morgan fingerprint density at radius 2 is 1.96 bits per heavy atom. The van der Waals surface area contributed by atoms with Gasteiger partial charge in [0.15, 0.2) is 5.69 Å². The van der Waals surface area contributed by atoms with E-state index in [0.29, 0.717) is 44.3 Å². The Balaban J connectivity index is 1.32. The third kappa shape index (κ3) is 3.99. The Kier molecular flexibility index (Phi) is 5.25. The molecular formula is C19H22FN5O3. The molecule has 2 aromatic rings. The number of rotatable bonds is 4. The molecule has 4 rings (SSSR count). The van der Waals surface area contributed by atoms with Gasteiger partial charge in [0.25, 0.3) is 5.91 Å². The highest BCUT2D eigenvalue weighted by molar-refractivity contribution is 5.95. The monoisotopic (exact) mass is 387 g/mol. The van der Waals surface area contributed by atoms with E-state index in [1.807, 2.05) is 11.0 Å².